The van der Waals surface area contributed by atoms with E-state index in [1.807, 2.05) is 61.5 Å². The van der Waals surface area contributed by atoms with Crippen molar-refractivity contribution in [2.24, 2.45) is 0 Å². The van der Waals surface area contributed by atoms with Crippen LogP contribution in [0.3, 0.4) is 0 Å². The first kappa shape index (κ1) is 13.1. The van der Waals surface area contributed by atoms with Crippen LogP contribution in [0, 0.1) is 6.92 Å². The van der Waals surface area contributed by atoms with Crippen LogP contribution in [0.1, 0.15) is 12.5 Å². The molecule has 1 atom stereocenters. The Balaban J connectivity index is 1.94. The Hall–Kier alpha value is -2.29. The number of anilines is 1. The lowest BCUT2D eigenvalue weighted by atomic mass is 10.2. The second kappa shape index (κ2) is 6.05. The van der Waals surface area contributed by atoms with Gasteiger partial charge in [-0.25, -0.2) is 0 Å². The van der Waals surface area contributed by atoms with Crippen molar-refractivity contribution in [3.63, 3.8) is 0 Å². The second-order valence-electron chi connectivity index (χ2n) is 4.43. The van der Waals surface area contributed by atoms with Gasteiger partial charge in [0.15, 0.2) is 6.10 Å². The number of amides is 1. The van der Waals surface area contributed by atoms with E-state index in [9.17, 15) is 4.79 Å². The summed E-state index contributed by atoms with van der Waals surface area (Å²) < 4.78 is 5.59. The van der Waals surface area contributed by atoms with E-state index in [1.165, 1.54) is 0 Å². The summed E-state index contributed by atoms with van der Waals surface area (Å²) in [6.07, 6.45) is -0.539. The van der Waals surface area contributed by atoms with Crippen LogP contribution in [0.2, 0.25) is 0 Å². The van der Waals surface area contributed by atoms with Gasteiger partial charge in [-0.15, -0.1) is 0 Å². The highest BCUT2D eigenvalue weighted by Gasteiger charge is 2.14. The lowest BCUT2D eigenvalue weighted by Gasteiger charge is -2.14. The third-order valence-electron chi connectivity index (χ3n) is 2.74. The van der Waals surface area contributed by atoms with Crippen LogP contribution in [0.15, 0.2) is 54.6 Å². The van der Waals surface area contributed by atoms with E-state index in [1.54, 1.807) is 6.92 Å². The molecular formula is C16H17NO2. The van der Waals surface area contributed by atoms with Crippen LogP contribution < -0.4 is 10.1 Å². The van der Waals surface area contributed by atoms with Gasteiger partial charge in [0, 0.05) is 5.69 Å². The van der Waals surface area contributed by atoms with E-state index in [-0.39, 0.29) is 5.91 Å². The Labute approximate surface area is 113 Å². The van der Waals surface area contributed by atoms with Gasteiger partial charge in [-0.2, -0.15) is 0 Å². The summed E-state index contributed by atoms with van der Waals surface area (Å²) in [5.74, 6) is 0.535. The minimum atomic E-state index is -0.539. The van der Waals surface area contributed by atoms with Crippen LogP contribution in [0.4, 0.5) is 5.69 Å². The quantitative estimate of drug-likeness (QED) is 0.909. The van der Waals surface area contributed by atoms with Crippen LogP contribution in [0.25, 0.3) is 0 Å². The summed E-state index contributed by atoms with van der Waals surface area (Å²) in [5, 5.41) is 2.81. The van der Waals surface area contributed by atoms with Gasteiger partial charge in [0.2, 0.25) is 0 Å². The zero-order chi connectivity index (χ0) is 13.7. The summed E-state index contributed by atoms with van der Waals surface area (Å²) in [4.78, 5) is 11.9. The van der Waals surface area contributed by atoms with Gasteiger partial charge in [-0.1, -0.05) is 35.9 Å². The minimum absolute atomic E-state index is 0.160. The average molecular weight is 255 g/mol. The molecule has 0 spiro atoms. The van der Waals surface area contributed by atoms with Crippen molar-refractivity contribution in [3.8, 4) is 5.75 Å². The summed E-state index contributed by atoms with van der Waals surface area (Å²) in [5.41, 5.74) is 1.93. The molecule has 0 bridgehead atoms. The number of carbonyl (C=O) groups is 1. The Kier molecular flexibility index (Phi) is 4.18. The van der Waals surface area contributed by atoms with Gasteiger partial charge in [0.05, 0.1) is 0 Å². The maximum Gasteiger partial charge on any atom is 0.265 e. The number of aryl methyl sites for hydroxylation is 1. The number of hydrogen-bond acceptors (Lipinski definition) is 2. The molecule has 2 aromatic rings. The van der Waals surface area contributed by atoms with E-state index in [4.69, 9.17) is 4.74 Å². The molecule has 3 nitrogen and oxygen atoms in total. The monoisotopic (exact) mass is 255 g/mol. The summed E-state index contributed by atoms with van der Waals surface area (Å²) in [6.45, 7) is 3.74. The smallest absolute Gasteiger partial charge is 0.265 e. The maximum absolute atomic E-state index is 11.9. The summed E-state index contributed by atoms with van der Waals surface area (Å²) in [7, 11) is 0. The molecule has 3 heteroatoms. The van der Waals surface area contributed by atoms with Crippen molar-refractivity contribution in [2.45, 2.75) is 20.0 Å². The third-order valence-corrected chi connectivity index (χ3v) is 2.74. The van der Waals surface area contributed by atoms with Crippen LogP contribution >= 0.6 is 0 Å². The highest BCUT2D eigenvalue weighted by atomic mass is 16.5. The van der Waals surface area contributed by atoms with Gasteiger partial charge in [0.25, 0.3) is 5.91 Å². The number of ether oxygens (including phenoxy) is 1. The molecule has 0 saturated heterocycles. The first-order chi connectivity index (χ1) is 9.15. The number of rotatable bonds is 4. The van der Waals surface area contributed by atoms with Crippen molar-refractivity contribution in [1.29, 1.82) is 0 Å². The molecule has 0 aliphatic carbocycles. The standard InChI is InChI=1S/C16H17NO2/c1-12-8-10-15(11-9-12)19-13(2)16(18)17-14-6-4-3-5-7-14/h3-11,13H,1-2H3,(H,17,18)/t13-/m1/s1. The van der Waals surface area contributed by atoms with Crippen molar-refractivity contribution in [1.82, 2.24) is 0 Å². The summed E-state index contributed by atoms with van der Waals surface area (Å²) in [6, 6.07) is 17.0. The number of para-hydroxylation sites is 1. The van der Waals surface area contributed by atoms with E-state index in [0.717, 1.165) is 11.3 Å². The van der Waals surface area contributed by atoms with Gasteiger partial charge >= 0.3 is 0 Å². The van der Waals surface area contributed by atoms with Gasteiger partial charge in [-0.05, 0) is 38.1 Å². The number of hydrogen-bond donors (Lipinski definition) is 1. The molecule has 98 valence electrons. The molecule has 0 unspecified atom stereocenters. The van der Waals surface area contributed by atoms with Crippen molar-refractivity contribution >= 4 is 11.6 Å². The molecular weight excluding hydrogens is 238 g/mol. The number of benzene rings is 2. The molecule has 19 heavy (non-hydrogen) atoms. The van der Waals surface area contributed by atoms with Crippen LogP contribution in [-0.4, -0.2) is 12.0 Å². The van der Waals surface area contributed by atoms with E-state index in [2.05, 4.69) is 5.32 Å². The lowest BCUT2D eigenvalue weighted by molar-refractivity contribution is -0.122. The highest BCUT2D eigenvalue weighted by Crippen LogP contribution is 2.14. The number of carbonyl (C=O) groups excluding carboxylic acids is 1. The number of nitrogens with one attached hydrogen (secondary N) is 1. The maximum atomic E-state index is 11.9. The molecule has 0 heterocycles. The zero-order valence-corrected chi connectivity index (χ0v) is 11.1. The summed E-state index contributed by atoms with van der Waals surface area (Å²) >= 11 is 0. The Morgan fingerprint density at radius 1 is 1.05 bits per heavy atom. The second-order valence-corrected chi connectivity index (χ2v) is 4.43. The Bertz CT molecular complexity index is 534. The van der Waals surface area contributed by atoms with Crippen molar-refractivity contribution in [2.75, 3.05) is 5.32 Å². The lowest BCUT2D eigenvalue weighted by Crippen LogP contribution is -2.30. The fourth-order valence-electron chi connectivity index (χ4n) is 1.64. The molecule has 0 radical (unpaired) electrons. The third kappa shape index (κ3) is 3.85. The molecule has 0 fully saturated rings. The first-order valence-electron chi connectivity index (χ1n) is 6.24. The zero-order valence-electron chi connectivity index (χ0n) is 11.1. The molecule has 1 N–H and O–H groups in total. The average Bonchev–Trinajstić information content (AvgIpc) is 2.42. The SMILES string of the molecule is Cc1ccc(O[C@H](C)C(=O)Nc2ccccc2)cc1. The largest absolute Gasteiger partial charge is 0.481 e. The molecule has 0 aliphatic rings. The normalized spacial score (nSPS) is 11.7. The molecule has 2 aromatic carbocycles. The molecule has 0 aromatic heterocycles. The van der Waals surface area contributed by atoms with Gasteiger partial charge < -0.3 is 10.1 Å². The predicted octanol–water partition coefficient (Wildman–Crippen LogP) is 3.40. The molecule has 2 rings (SSSR count). The van der Waals surface area contributed by atoms with E-state index < -0.39 is 6.10 Å². The van der Waals surface area contributed by atoms with Gasteiger partial charge in [0.1, 0.15) is 5.75 Å². The Morgan fingerprint density at radius 2 is 1.68 bits per heavy atom. The fraction of sp³-hybridized carbons (Fsp3) is 0.188. The fourth-order valence-corrected chi connectivity index (χ4v) is 1.64. The van der Waals surface area contributed by atoms with E-state index >= 15 is 0 Å². The molecule has 0 aliphatic heterocycles. The van der Waals surface area contributed by atoms with E-state index in [0.29, 0.717) is 5.75 Å². The van der Waals surface area contributed by atoms with Gasteiger partial charge in [-0.3, -0.25) is 4.79 Å². The predicted molar refractivity (Wildman–Crippen MR) is 76.3 cm³/mol. The van der Waals surface area contributed by atoms with Crippen LogP contribution in [0.5, 0.6) is 5.75 Å². The van der Waals surface area contributed by atoms with Crippen molar-refractivity contribution < 1.29 is 9.53 Å². The molecule has 1 amide bonds. The van der Waals surface area contributed by atoms with Crippen molar-refractivity contribution in [3.05, 3.63) is 60.2 Å². The minimum Gasteiger partial charge on any atom is -0.481 e. The topological polar surface area (TPSA) is 38.3 Å². The van der Waals surface area contributed by atoms with Crippen LogP contribution in [-0.2, 0) is 4.79 Å². The Morgan fingerprint density at radius 3 is 2.32 bits per heavy atom. The highest BCUT2D eigenvalue weighted by molar-refractivity contribution is 5.94. The first-order valence-corrected chi connectivity index (χ1v) is 6.24. The molecule has 0 saturated carbocycles.